The number of allylic oxidation sites excluding steroid dienone is 1. The van der Waals surface area contributed by atoms with E-state index in [1.807, 2.05) is 60.7 Å². The van der Waals surface area contributed by atoms with Crippen molar-refractivity contribution in [1.82, 2.24) is 10.2 Å². The fourth-order valence-electron chi connectivity index (χ4n) is 6.41. The lowest BCUT2D eigenvalue weighted by atomic mass is 10.00. The van der Waals surface area contributed by atoms with Crippen LogP contribution in [0.15, 0.2) is 108 Å². The summed E-state index contributed by atoms with van der Waals surface area (Å²) in [5, 5.41) is 1.45. The van der Waals surface area contributed by atoms with Gasteiger partial charge in [0.25, 0.3) is 11.8 Å². The number of carbonyl (C=O) groups excluding carboxylic acids is 5. The van der Waals surface area contributed by atoms with Crippen LogP contribution in [0.4, 0.5) is 10.5 Å². The van der Waals surface area contributed by atoms with E-state index in [9.17, 15) is 28.2 Å². The van der Waals surface area contributed by atoms with Crippen molar-refractivity contribution < 1.29 is 42.4 Å². The van der Waals surface area contributed by atoms with Crippen molar-refractivity contribution >= 4 is 46.3 Å². The monoisotopic (exact) mass is 753 g/mol. The van der Waals surface area contributed by atoms with Gasteiger partial charge >= 0.3 is 18.0 Å². The Morgan fingerprint density at radius 3 is 1.94 bits per heavy atom. The van der Waals surface area contributed by atoms with Gasteiger partial charge in [0.1, 0.15) is 28.3 Å². The molecule has 3 unspecified atom stereocenters. The van der Waals surface area contributed by atoms with Gasteiger partial charge in [0.15, 0.2) is 6.10 Å². The minimum absolute atomic E-state index is 0.149. The molecule has 3 atom stereocenters. The highest BCUT2D eigenvalue weighted by Crippen LogP contribution is 2.39. The molecule has 0 bridgehead atoms. The number of carbonyl (C=O) groups is 5. The predicted octanol–water partition coefficient (Wildman–Crippen LogP) is 5.72. The van der Waals surface area contributed by atoms with Crippen LogP contribution in [0.25, 0.3) is 0 Å². The summed E-state index contributed by atoms with van der Waals surface area (Å²) in [5.41, 5.74) is 1.14. The van der Waals surface area contributed by atoms with Gasteiger partial charge in [0.05, 0.1) is 22.1 Å². The number of nitrogens with zero attached hydrogens (tertiary/aromatic N) is 2. The Labute approximate surface area is 316 Å². The van der Waals surface area contributed by atoms with Crippen molar-refractivity contribution in [2.75, 3.05) is 17.2 Å². The molecule has 12 nitrogen and oxygen atoms in total. The summed E-state index contributed by atoms with van der Waals surface area (Å²) in [7, 11) is -1.79. The fourth-order valence-corrected chi connectivity index (χ4v) is 8.04. The zero-order valence-electron chi connectivity index (χ0n) is 31.0. The van der Waals surface area contributed by atoms with Crippen molar-refractivity contribution in [3.05, 3.63) is 125 Å². The highest BCUT2D eigenvalue weighted by molar-refractivity contribution is 7.86. The van der Waals surface area contributed by atoms with Crippen molar-refractivity contribution in [3.8, 4) is 0 Å². The highest BCUT2D eigenvalue weighted by Gasteiger charge is 2.58. The Bertz CT molecular complexity index is 2010. The number of amides is 3. The SMILES string of the molecule is CC(C)(C)OC(=O)NC1C(=O)N2C(C(=O)OC(c3ccccc3)c3ccccc3)=C(/C=C3\CCN(c4ccc(C(=O)OC(C)(C)C)cc4)C3=O)CS(=O)C12. The molecule has 2 saturated heterocycles. The third kappa shape index (κ3) is 8.31. The Kier molecular flexibility index (Phi) is 10.6. The normalized spacial score (nSPS) is 20.8. The molecule has 0 radical (unpaired) electrons. The molecule has 2 fully saturated rings. The molecule has 0 saturated carbocycles. The summed E-state index contributed by atoms with van der Waals surface area (Å²) in [6.45, 7) is 10.7. The third-order valence-corrected chi connectivity index (χ3v) is 10.4. The van der Waals surface area contributed by atoms with Crippen LogP contribution in [0.5, 0.6) is 0 Å². The first-order valence-electron chi connectivity index (χ1n) is 17.6. The quantitative estimate of drug-likeness (QED) is 0.132. The van der Waals surface area contributed by atoms with Gasteiger partial charge in [0, 0.05) is 17.8 Å². The minimum Gasteiger partial charge on any atom is -0.456 e. The molecular formula is C41H43N3O9S. The van der Waals surface area contributed by atoms with Crippen LogP contribution < -0.4 is 10.2 Å². The Morgan fingerprint density at radius 2 is 1.39 bits per heavy atom. The molecule has 282 valence electrons. The van der Waals surface area contributed by atoms with Crippen LogP contribution in [-0.2, 0) is 39.4 Å². The molecule has 3 aliphatic rings. The molecule has 6 rings (SSSR count). The summed E-state index contributed by atoms with van der Waals surface area (Å²) < 4.78 is 30.8. The van der Waals surface area contributed by atoms with E-state index >= 15 is 0 Å². The first-order valence-corrected chi connectivity index (χ1v) is 19.0. The number of esters is 2. The van der Waals surface area contributed by atoms with Crippen molar-refractivity contribution in [2.45, 2.75) is 76.7 Å². The number of ether oxygens (including phenoxy) is 3. The van der Waals surface area contributed by atoms with E-state index in [1.54, 1.807) is 70.7 Å². The van der Waals surface area contributed by atoms with Gasteiger partial charge in [-0.3, -0.25) is 18.7 Å². The van der Waals surface area contributed by atoms with E-state index in [0.717, 1.165) is 4.90 Å². The molecule has 3 heterocycles. The number of nitrogens with one attached hydrogen (secondary N) is 1. The number of benzene rings is 3. The lowest BCUT2D eigenvalue weighted by Gasteiger charge is -2.49. The molecule has 0 aromatic heterocycles. The first-order chi connectivity index (χ1) is 25.5. The van der Waals surface area contributed by atoms with E-state index in [1.165, 1.54) is 6.08 Å². The number of anilines is 1. The van der Waals surface area contributed by atoms with Crippen molar-refractivity contribution in [1.29, 1.82) is 0 Å². The fraction of sp³-hybridized carbons (Fsp3) is 0.341. The molecule has 3 aromatic rings. The summed E-state index contributed by atoms with van der Waals surface area (Å²) in [5.74, 6) is -2.54. The van der Waals surface area contributed by atoms with E-state index in [0.29, 0.717) is 40.9 Å². The second-order valence-corrected chi connectivity index (χ2v) is 16.7. The number of hydrogen-bond acceptors (Lipinski definition) is 9. The van der Waals surface area contributed by atoms with Crippen LogP contribution in [0.3, 0.4) is 0 Å². The number of β-lactam (4-membered cyclic amide) rings is 1. The highest BCUT2D eigenvalue weighted by atomic mass is 32.2. The van der Waals surface area contributed by atoms with Crippen molar-refractivity contribution in [2.24, 2.45) is 0 Å². The maximum atomic E-state index is 14.4. The summed E-state index contributed by atoms with van der Waals surface area (Å²) in [6, 6.07) is 23.6. The van der Waals surface area contributed by atoms with Gasteiger partial charge in [-0.05, 0) is 95.0 Å². The largest absolute Gasteiger partial charge is 0.456 e. The first kappa shape index (κ1) is 38.2. The molecule has 3 amide bonds. The van der Waals surface area contributed by atoms with Crippen molar-refractivity contribution in [3.63, 3.8) is 0 Å². The van der Waals surface area contributed by atoms with E-state index in [2.05, 4.69) is 5.32 Å². The van der Waals surface area contributed by atoms with Crippen LogP contribution in [0, 0.1) is 0 Å². The Hall–Kier alpha value is -5.56. The lowest BCUT2D eigenvalue weighted by Crippen LogP contribution is -2.73. The van der Waals surface area contributed by atoms with Gasteiger partial charge in [0.2, 0.25) is 0 Å². The second-order valence-electron chi connectivity index (χ2n) is 15.2. The summed E-state index contributed by atoms with van der Waals surface area (Å²) >= 11 is 0. The standard InChI is InChI=1S/C41H43N3O9S/c1-40(2,3)52-37(47)27-17-19-30(20-18-27)43-22-21-28(34(43)45)23-29-24-54(50)36-31(42-39(49)53-41(4,5)6)35(46)44(36)32(29)38(48)51-33(25-13-9-7-10-14-25)26-15-11-8-12-16-26/h7-20,23,31,33,36H,21-22,24H2,1-6H3,(H,42,49)/b28-23+. The molecule has 0 spiro atoms. The van der Waals surface area contributed by atoms with Crippen LogP contribution >= 0.6 is 0 Å². The average molecular weight is 754 g/mol. The molecule has 13 heteroatoms. The Morgan fingerprint density at radius 1 is 0.815 bits per heavy atom. The maximum Gasteiger partial charge on any atom is 0.408 e. The van der Waals surface area contributed by atoms with Gasteiger partial charge in [-0.1, -0.05) is 60.7 Å². The zero-order chi connectivity index (χ0) is 38.9. The maximum absolute atomic E-state index is 14.4. The topological polar surface area (TPSA) is 149 Å². The predicted molar refractivity (Wildman–Crippen MR) is 201 cm³/mol. The average Bonchev–Trinajstić information content (AvgIpc) is 3.47. The molecule has 0 aliphatic carbocycles. The van der Waals surface area contributed by atoms with Gasteiger partial charge in [-0.25, -0.2) is 14.4 Å². The van der Waals surface area contributed by atoms with E-state index in [4.69, 9.17) is 14.2 Å². The third-order valence-electron chi connectivity index (χ3n) is 8.74. The smallest absolute Gasteiger partial charge is 0.408 e. The molecule has 3 aliphatic heterocycles. The molecule has 54 heavy (non-hydrogen) atoms. The molecule has 1 N–H and O–H groups in total. The van der Waals surface area contributed by atoms with E-state index in [-0.39, 0.29) is 22.9 Å². The van der Waals surface area contributed by atoms with Crippen LogP contribution in [0.2, 0.25) is 0 Å². The number of hydrogen-bond donors (Lipinski definition) is 1. The van der Waals surface area contributed by atoms with Gasteiger partial charge < -0.3 is 24.4 Å². The van der Waals surface area contributed by atoms with E-state index < -0.39 is 63.5 Å². The van der Waals surface area contributed by atoms with Gasteiger partial charge in [-0.15, -0.1) is 0 Å². The minimum atomic E-state index is -1.79. The van der Waals surface area contributed by atoms with Crippen LogP contribution in [0.1, 0.15) is 75.6 Å². The summed E-state index contributed by atoms with van der Waals surface area (Å²) in [4.78, 5) is 69.8. The molecule has 3 aromatic carbocycles. The number of fused-ring (bicyclic) bond motifs is 1. The zero-order valence-corrected chi connectivity index (χ0v) is 31.8. The lowest BCUT2D eigenvalue weighted by molar-refractivity contribution is -0.153. The second kappa shape index (κ2) is 15.1. The summed E-state index contributed by atoms with van der Waals surface area (Å²) in [6.07, 6.45) is 0.0977. The van der Waals surface area contributed by atoms with Gasteiger partial charge in [-0.2, -0.15) is 0 Å². The Balaban J connectivity index is 1.33. The number of alkyl carbamates (subject to hydrolysis) is 1. The van der Waals surface area contributed by atoms with Crippen LogP contribution in [-0.4, -0.2) is 73.9 Å². The number of rotatable bonds is 8. The molecular weight excluding hydrogens is 711 g/mol.